The molecular weight excluding hydrogens is 432 g/mol. The van der Waals surface area contributed by atoms with Crippen LogP contribution in [0.2, 0.25) is 0 Å². The first-order valence-electron chi connectivity index (χ1n) is 8.58. The number of benzene rings is 2. The fourth-order valence-corrected chi connectivity index (χ4v) is 4.85. The highest BCUT2D eigenvalue weighted by Gasteiger charge is 2.32. The molecule has 1 aliphatic rings. The number of hydrogen-bond donors (Lipinski definition) is 1. The minimum absolute atomic E-state index is 0.145. The molecule has 6 nitrogen and oxygen atoms in total. The van der Waals surface area contributed by atoms with E-state index in [0.717, 1.165) is 4.47 Å². The molecule has 1 aliphatic heterocycles. The average Bonchev–Trinajstić information content (AvgIpc) is 2.62. The summed E-state index contributed by atoms with van der Waals surface area (Å²) in [7, 11) is -3.59. The Morgan fingerprint density at radius 2 is 1.59 bits per heavy atom. The van der Waals surface area contributed by atoms with Gasteiger partial charge in [0.25, 0.3) is 5.91 Å². The van der Waals surface area contributed by atoms with Gasteiger partial charge in [-0.25, -0.2) is 8.42 Å². The number of carbonyl (C=O) groups excluding carboxylic acids is 1. The van der Waals surface area contributed by atoms with Crippen molar-refractivity contribution in [1.29, 1.82) is 0 Å². The Hall–Kier alpha value is -1.74. The molecule has 0 aliphatic carbocycles. The number of hydrogen-bond acceptors (Lipinski definition) is 4. The quantitative estimate of drug-likeness (QED) is 0.769. The van der Waals surface area contributed by atoms with Gasteiger partial charge in [0.1, 0.15) is 0 Å². The molecule has 1 fully saturated rings. The van der Waals surface area contributed by atoms with Gasteiger partial charge in [-0.15, -0.1) is 0 Å². The molecular formula is C19H21BrN2O4S. The second-order valence-electron chi connectivity index (χ2n) is 6.56. The summed E-state index contributed by atoms with van der Waals surface area (Å²) >= 11 is 3.33. The van der Waals surface area contributed by atoms with Crippen LogP contribution in [0.25, 0.3) is 0 Å². The zero-order valence-electron chi connectivity index (χ0n) is 15.1. The van der Waals surface area contributed by atoms with Gasteiger partial charge in [0, 0.05) is 28.8 Å². The predicted molar refractivity (Wildman–Crippen MR) is 107 cm³/mol. The Labute approximate surface area is 167 Å². The van der Waals surface area contributed by atoms with E-state index in [1.807, 2.05) is 13.8 Å². The van der Waals surface area contributed by atoms with Crippen molar-refractivity contribution < 1.29 is 17.9 Å². The minimum Gasteiger partial charge on any atom is -0.373 e. The molecule has 2 unspecified atom stereocenters. The van der Waals surface area contributed by atoms with E-state index in [1.54, 1.807) is 36.4 Å². The number of halogens is 1. The van der Waals surface area contributed by atoms with Crippen LogP contribution in [0.4, 0.5) is 5.69 Å². The van der Waals surface area contributed by atoms with Crippen LogP contribution in [0.5, 0.6) is 0 Å². The summed E-state index contributed by atoms with van der Waals surface area (Å²) in [5.74, 6) is -0.256. The predicted octanol–water partition coefficient (Wildman–Crippen LogP) is 3.50. The summed E-state index contributed by atoms with van der Waals surface area (Å²) in [5.41, 5.74) is 1.05. The molecule has 2 atom stereocenters. The van der Waals surface area contributed by atoms with E-state index in [1.165, 1.54) is 16.4 Å². The number of rotatable bonds is 4. The monoisotopic (exact) mass is 452 g/mol. The molecule has 0 saturated carbocycles. The van der Waals surface area contributed by atoms with Crippen molar-refractivity contribution in [1.82, 2.24) is 4.31 Å². The van der Waals surface area contributed by atoms with E-state index in [-0.39, 0.29) is 23.0 Å². The zero-order valence-corrected chi connectivity index (χ0v) is 17.5. The lowest BCUT2D eigenvalue weighted by molar-refractivity contribution is -0.0440. The van der Waals surface area contributed by atoms with Crippen molar-refractivity contribution in [2.45, 2.75) is 31.0 Å². The van der Waals surface area contributed by atoms with E-state index < -0.39 is 10.0 Å². The second kappa shape index (κ2) is 8.10. The zero-order chi connectivity index (χ0) is 19.6. The molecule has 2 aromatic rings. The van der Waals surface area contributed by atoms with Gasteiger partial charge < -0.3 is 10.1 Å². The first-order valence-corrected chi connectivity index (χ1v) is 10.8. The molecule has 27 heavy (non-hydrogen) atoms. The van der Waals surface area contributed by atoms with Gasteiger partial charge in [0.15, 0.2) is 0 Å². The second-order valence-corrected chi connectivity index (χ2v) is 9.42. The van der Waals surface area contributed by atoms with Crippen molar-refractivity contribution >= 4 is 37.5 Å². The third-order valence-electron chi connectivity index (χ3n) is 4.24. The van der Waals surface area contributed by atoms with Crippen LogP contribution >= 0.6 is 15.9 Å². The molecule has 0 aromatic heterocycles. The topological polar surface area (TPSA) is 75.7 Å². The maximum absolute atomic E-state index is 12.8. The minimum atomic E-state index is -3.59. The van der Waals surface area contributed by atoms with Gasteiger partial charge >= 0.3 is 0 Å². The van der Waals surface area contributed by atoms with E-state index in [2.05, 4.69) is 21.2 Å². The Morgan fingerprint density at radius 3 is 2.15 bits per heavy atom. The molecule has 1 N–H and O–H groups in total. The van der Waals surface area contributed by atoms with Crippen LogP contribution in [0, 0.1) is 0 Å². The molecule has 1 heterocycles. The van der Waals surface area contributed by atoms with Gasteiger partial charge in [-0.3, -0.25) is 4.79 Å². The third-order valence-corrected chi connectivity index (χ3v) is 6.62. The maximum atomic E-state index is 12.8. The number of carbonyl (C=O) groups is 1. The smallest absolute Gasteiger partial charge is 0.255 e. The summed E-state index contributed by atoms with van der Waals surface area (Å²) < 4.78 is 33.6. The lowest BCUT2D eigenvalue weighted by Gasteiger charge is -2.34. The number of amides is 1. The SMILES string of the molecule is CC1CN(S(=O)(=O)c2ccc(NC(=O)c3ccc(Br)cc3)cc2)CC(C)O1. The van der Waals surface area contributed by atoms with Crippen molar-refractivity contribution in [3.63, 3.8) is 0 Å². The molecule has 1 amide bonds. The van der Waals surface area contributed by atoms with Gasteiger partial charge in [-0.05, 0) is 62.4 Å². The molecule has 8 heteroatoms. The van der Waals surface area contributed by atoms with Crippen molar-refractivity contribution in [2.24, 2.45) is 0 Å². The van der Waals surface area contributed by atoms with Crippen LogP contribution in [-0.4, -0.2) is 43.9 Å². The fraction of sp³-hybridized carbons (Fsp3) is 0.316. The lowest BCUT2D eigenvalue weighted by Crippen LogP contribution is -2.48. The number of nitrogens with one attached hydrogen (secondary N) is 1. The van der Waals surface area contributed by atoms with Gasteiger partial charge in [0.05, 0.1) is 17.1 Å². The number of anilines is 1. The molecule has 2 aromatic carbocycles. The average molecular weight is 453 g/mol. The van der Waals surface area contributed by atoms with E-state index in [4.69, 9.17) is 4.74 Å². The number of morpholine rings is 1. The first-order chi connectivity index (χ1) is 12.8. The summed E-state index contributed by atoms with van der Waals surface area (Å²) in [6, 6.07) is 13.2. The van der Waals surface area contributed by atoms with Crippen LogP contribution in [0.1, 0.15) is 24.2 Å². The van der Waals surface area contributed by atoms with E-state index in [0.29, 0.717) is 24.3 Å². The standard InChI is InChI=1S/C19H21BrN2O4S/c1-13-11-22(12-14(2)26-13)27(24,25)18-9-7-17(8-10-18)21-19(23)15-3-5-16(20)6-4-15/h3-10,13-14H,11-12H2,1-2H3,(H,21,23). The Morgan fingerprint density at radius 1 is 1.04 bits per heavy atom. The molecule has 0 radical (unpaired) electrons. The highest BCUT2D eigenvalue weighted by atomic mass is 79.9. The molecule has 3 rings (SSSR count). The highest BCUT2D eigenvalue weighted by Crippen LogP contribution is 2.23. The number of nitrogens with zero attached hydrogens (tertiary/aromatic N) is 1. The summed E-state index contributed by atoms with van der Waals surface area (Å²) in [4.78, 5) is 12.5. The lowest BCUT2D eigenvalue weighted by atomic mass is 10.2. The highest BCUT2D eigenvalue weighted by molar-refractivity contribution is 9.10. The molecule has 1 saturated heterocycles. The summed E-state index contributed by atoms with van der Waals surface area (Å²) in [6.45, 7) is 4.38. The maximum Gasteiger partial charge on any atom is 0.255 e. The van der Waals surface area contributed by atoms with E-state index >= 15 is 0 Å². The van der Waals surface area contributed by atoms with Crippen LogP contribution in [0.15, 0.2) is 57.9 Å². The van der Waals surface area contributed by atoms with Crippen LogP contribution in [0.3, 0.4) is 0 Å². The number of sulfonamides is 1. The summed E-state index contributed by atoms with van der Waals surface area (Å²) in [5, 5.41) is 2.77. The van der Waals surface area contributed by atoms with Crippen molar-refractivity contribution in [3.05, 3.63) is 58.6 Å². The van der Waals surface area contributed by atoms with Gasteiger partial charge in [-0.1, -0.05) is 15.9 Å². The third kappa shape index (κ3) is 4.76. The Balaban J connectivity index is 1.72. The van der Waals surface area contributed by atoms with Crippen LogP contribution < -0.4 is 5.32 Å². The first kappa shape index (κ1) is 20.0. The van der Waals surface area contributed by atoms with E-state index in [9.17, 15) is 13.2 Å². The van der Waals surface area contributed by atoms with Crippen molar-refractivity contribution in [3.8, 4) is 0 Å². The fourth-order valence-electron chi connectivity index (χ4n) is 2.99. The van der Waals surface area contributed by atoms with Gasteiger partial charge in [-0.2, -0.15) is 4.31 Å². The van der Waals surface area contributed by atoms with Gasteiger partial charge in [0.2, 0.25) is 10.0 Å². The van der Waals surface area contributed by atoms with Crippen LogP contribution in [-0.2, 0) is 14.8 Å². The summed E-state index contributed by atoms with van der Waals surface area (Å²) in [6.07, 6.45) is -0.291. The normalized spacial score (nSPS) is 21.0. The largest absolute Gasteiger partial charge is 0.373 e. The van der Waals surface area contributed by atoms with Crippen molar-refractivity contribution in [2.75, 3.05) is 18.4 Å². The Kier molecular flexibility index (Phi) is 6.00. The number of ether oxygens (including phenoxy) is 1. The molecule has 0 bridgehead atoms. The molecule has 0 spiro atoms. The Bertz CT molecular complexity index is 904. The molecule has 144 valence electrons.